The first-order chi connectivity index (χ1) is 19.7. The second-order valence-corrected chi connectivity index (χ2v) is 12.8. The number of anilines is 2. The molecule has 41 heavy (non-hydrogen) atoms. The quantitative estimate of drug-likeness (QED) is 0.309. The van der Waals surface area contributed by atoms with Crippen molar-refractivity contribution in [3.63, 3.8) is 0 Å². The lowest BCUT2D eigenvalue weighted by Crippen LogP contribution is -2.48. The minimum Gasteiger partial charge on any atom is -0.444 e. The Morgan fingerprint density at radius 2 is 1.85 bits per heavy atom. The van der Waals surface area contributed by atoms with Crippen LogP contribution in [0.15, 0.2) is 48.0 Å². The van der Waals surface area contributed by atoms with Crippen LogP contribution in [0, 0.1) is 6.92 Å². The van der Waals surface area contributed by atoms with E-state index in [1.165, 1.54) is 34.7 Å². The molecular formula is C32H41N5O3S. The van der Waals surface area contributed by atoms with Crippen LogP contribution in [0.4, 0.5) is 16.2 Å². The number of amides is 1. The molecule has 1 aliphatic heterocycles. The number of hydrogen-bond acceptors (Lipinski definition) is 8. The SMILES string of the molecule is Cc1ncsc1-c1ccc(CNC(=O)OC(C)(C)C)c(N(CCN2CCN(c3ccc(C=O)cc3)CC2)C2CC2)c1. The Labute approximate surface area is 247 Å². The number of benzene rings is 2. The van der Waals surface area contributed by atoms with Crippen molar-refractivity contribution in [2.45, 2.75) is 58.7 Å². The van der Waals surface area contributed by atoms with Crippen LogP contribution in [0.5, 0.6) is 0 Å². The van der Waals surface area contributed by atoms with E-state index in [1.807, 2.05) is 50.5 Å². The Morgan fingerprint density at radius 3 is 2.46 bits per heavy atom. The van der Waals surface area contributed by atoms with Gasteiger partial charge in [0.05, 0.1) is 16.1 Å². The number of aryl methyl sites for hydroxylation is 1. The number of alkyl carbamates (subject to hydrolysis) is 1. The largest absolute Gasteiger partial charge is 0.444 e. The fourth-order valence-electron chi connectivity index (χ4n) is 5.31. The number of piperazine rings is 1. The van der Waals surface area contributed by atoms with Gasteiger partial charge in [0.2, 0.25) is 0 Å². The zero-order valence-corrected chi connectivity index (χ0v) is 25.4. The molecule has 1 N–H and O–H groups in total. The molecule has 0 radical (unpaired) electrons. The third kappa shape index (κ3) is 7.65. The molecule has 2 fully saturated rings. The zero-order valence-electron chi connectivity index (χ0n) is 24.6. The fourth-order valence-corrected chi connectivity index (χ4v) is 6.11. The molecule has 1 saturated carbocycles. The lowest BCUT2D eigenvalue weighted by molar-refractivity contribution is 0.0523. The van der Waals surface area contributed by atoms with Crippen molar-refractivity contribution in [2.75, 3.05) is 49.1 Å². The minimum absolute atomic E-state index is 0.400. The molecule has 0 bridgehead atoms. The molecule has 218 valence electrons. The van der Waals surface area contributed by atoms with Gasteiger partial charge in [-0.25, -0.2) is 9.78 Å². The lowest BCUT2D eigenvalue weighted by Gasteiger charge is -2.37. The van der Waals surface area contributed by atoms with E-state index in [2.05, 4.69) is 50.1 Å². The number of thiazole rings is 1. The maximum atomic E-state index is 12.5. The van der Waals surface area contributed by atoms with Crippen LogP contribution in [0.1, 0.15) is 55.2 Å². The van der Waals surface area contributed by atoms with Gasteiger partial charge in [0, 0.05) is 68.8 Å². The molecular weight excluding hydrogens is 534 g/mol. The van der Waals surface area contributed by atoms with Gasteiger partial charge < -0.3 is 19.9 Å². The van der Waals surface area contributed by atoms with Gasteiger partial charge in [-0.2, -0.15) is 0 Å². The molecule has 0 atom stereocenters. The molecule has 1 amide bonds. The first-order valence-electron chi connectivity index (χ1n) is 14.5. The number of carbonyl (C=O) groups excluding carboxylic acids is 2. The fraction of sp³-hybridized carbons (Fsp3) is 0.469. The van der Waals surface area contributed by atoms with Crippen molar-refractivity contribution in [3.05, 3.63) is 64.8 Å². The van der Waals surface area contributed by atoms with Gasteiger partial charge in [-0.1, -0.05) is 12.1 Å². The van der Waals surface area contributed by atoms with Gasteiger partial charge in [0.15, 0.2) is 0 Å². The summed E-state index contributed by atoms with van der Waals surface area (Å²) >= 11 is 1.66. The molecule has 2 aromatic carbocycles. The van der Waals surface area contributed by atoms with Gasteiger partial charge in [0.1, 0.15) is 11.9 Å². The van der Waals surface area contributed by atoms with E-state index >= 15 is 0 Å². The number of rotatable bonds is 10. The standard InChI is InChI=1S/C32H41N5O3S/c1-23-30(41-22-34-23)25-7-8-26(20-33-31(39)40-32(2,3)4)29(19-25)37(28-11-12-28)18-15-35-13-16-36(17-14-35)27-9-5-24(21-38)6-10-27/h5-10,19,21-22,28H,11-18,20H2,1-4H3,(H,33,39). The molecule has 0 unspecified atom stereocenters. The Morgan fingerprint density at radius 1 is 1.12 bits per heavy atom. The van der Waals surface area contributed by atoms with Gasteiger partial charge in [-0.3, -0.25) is 9.69 Å². The van der Waals surface area contributed by atoms with E-state index in [0.29, 0.717) is 18.2 Å². The molecule has 2 heterocycles. The number of nitrogens with zero attached hydrogens (tertiary/aromatic N) is 4. The third-order valence-corrected chi connectivity index (χ3v) is 8.61. The van der Waals surface area contributed by atoms with Crippen molar-refractivity contribution in [3.8, 4) is 10.4 Å². The first-order valence-corrected chi connectivity index (χ1v) is 15.4. The summed E-state index contributed by atoms with van der Waals surface area (Å²) in [6, 6.07) is 14.9. The van der Waals surface area contributed by atoms with Crippen molar-refractivity contribution in [2.24, 2.45) is 0 Å². The van der Waals surface area contributed by atoms with E-state index in [-0.39, 0.29) is 0 Å². The van der Waals surface area contributed by atoms with E-state index < -0.39 is 11.7 Å². The van der Waals surface area contributed by atoms with Crippen LogP contribution >= 0.6 is 11.3 Å². The number of ether oxygens (including phenoxy) is 1. The highest BCUT2D eigenvalue weighted by Crippen LogP contribution is 2.37. The van der Waals surface area contributed by atoms with Gasteiger partial charge in [-0.05, 0) is 82.0 Å². The van der Waals surface area contributed by atoms with Gasteiger partial charge in [0.25, 0.3) is 0 Å². The van der Waals surface area contributed by atoms with Crippen LogP contribution in [0.2, 0.25) is 0 Å². The predicted octanol–water partition coefficient (Wildman–Crippen LogP) is 5.75. The second kappa shape index (κ2) is 12.6. The molecule has 1 saturated heterocycles. The van der Waals surface area contributed by atoms with Crippen molar-refractivity contribution >= 4 is 35.1 Å². The summed E-state index contributed by atoms with van der Waals surface area (Å²) < 4.78 is 5.50. The topological polar surface area (TPSA) is 78.0 Å². The summed E-state index contributed by atoms with van der Waals surface area (Å²) in [5.74, 6) is 0. The highest BCUT2D eigenvalue weighted by atomic mass is 32.1. The number of aromatic nitrogens is 1. The molecule has 8 nitrogen and oxygen atoms in total. The van der Waals surface area contributed by atoms with E-state index in [9.17, 15) is 9.59 Å². The summed E-state index contributed by atoms with van der Waals surface area (Å²) in [7, 11) is 0. The zero-order chi connectivity index (χ0) is 29.0. The number of carbonyl (C=O) groups is 2. The normalized spacial score (nSPS) is 16.0. The minimum atomic E-state index is -0.538. The predicted molar refractivity (Wildman–Crippen MR) is 166 cm³/mol. The number of nitrogens with one attached hydrogen (secondary N) is 1. The molecule has 1 aromatic heterocycles. The summed E-state index contributed by atoms with van der Waals surface area (Å²) in [6.07, 6.45) is 2.86. The molecule has 5 rings (SSSR count). The Kier molecular flexibility index (Phi) is 8.94. The maximum absolute atomic E-state index is 12.5. The van der Waals surface area contributed by atoms with E-state index in [1.54, 1.807) is 11.3 Å². The first kappa shape index (κ1) is 29.1. The van der Waals surface area contributed by atoms with Crippen molar-refractivity contribution < 1.29 is 14.3 Å². The smallest absolute Gasteiger partial charge is 0.407 e. The van der Waals surface area contributed by atoms with Crippen molar-refractivity contribution in [1.29, 1.82) is 0 Å². The monoisotopic (exact) mass is 575 g/mol. The maximum Gasteiger partial charge on any atom is 0.407 e. The Bertz CT molecular complexity index is 1340. The van der Waals surface area contributed by atoms with Crippen LogP contribution < -0.4 is 15.1 Å². The van der Waals surface area contributed by atoms with Crippen LogP contribution in [0.25, 0.3) is 10.4 Å². The van der Waals surface area contributed by atoms with Crippen LogP contribution in [-0.4, -0.2) is 73.2 Å². The average Bonchev–Trinajstić information content (AvgIpc) is 3.71. The summed E-state index contributed by atoms with van der Waals surface area (Å²) in [5, 5.41) is 2.98. The molecule has 1 aliphatic carbocycles. The molecule has 0 spiro atoms. The second-order valence-electron chi connectivity index (χ2n) is 11.9. The van der Waals surface area contributed by atoms with E-state index in [0.717, 1.165) is 56.8 Å². The highest BCUT2D eigenvalue weighted by molar-refractivity contribution is 7.13. The van der Waals surface area contributed by atoms with Crippen LogP contribution in [0.3, 0.4) is 0 Å². The summed E-state index contributed by atoms with van der Waals surface area (Å²) in [4.78, 5) is 36.6. The van der Waals surface area contributed by atoms with Crippen LogP contribution in [-0.2, 0) is 11.3 Å². The summed E-state index contributed by atoms with van der Waals surface area (Å²) in [6.45, 7) is 14.0. The van der Waals surface area contributed by atoms with E-state index in [4.69, 9.17) is 4.74 Å². The molecule has 9 heteroatoms. The molecule has 3 aromatic rings. The highest BCUT2D eigenvalue weighted by Gasteiger charge is 2.31. The van der Waals surface area contributed by atoms with Gasteiger partial charge in [-0.15, -0.1) is 11.3 Å². The number of hydrogen-bond donors (Lipinski definition) is 1. The van der Waals surface area contributed by atoms with Gasteiger partial charge >= 0.3 is 6.09 Å². The van der Waals surface area contributed by atoms with Crippen molar-refractivity contribution in [1.82, 2.24) is 15.2 Å². The lowest BCUT2D eigenvalue weighted by atomic mass is 10.1. The molecule has 2 aliphatic rings. The Balaban J connectivity index is 1.28. The summed E-state index contributed by atoms with van der Waals surface area (Å²) in [5.41, 5.74) is 7.73. The average molecular weight is 576 g/mol. The Hall–Kier alpha value is -3.43. The number of aldehydes is 1. The third-order valence-electron chi connectivity index (χ3n) is 7.64.